The number of rotatable bonds is 3. The molecule has 0 aromatic rings. The minimum Gasteiger partial charge on any atom is -0.460 e. The van der Waals surface area contributed by atoms with Gasteiger partial charge in [0.05, 0.1) is 6.10 Å². The van der Waals surface area contributed by atoms with Crippen molar-refractivity contribution in [3.8, 4) is 0 Å². The highest BCUT2D eigenvalue weighted by molar-refractivity contribution is 6.16. The molecule has 5 fully saturated rings. The Morgan fingerprint density at radius 2 is 1.93 bits per heavy atom. The number of ketones is 1. The number of hydrogen-bond donors (Lipinski definition) is 0. The van der Waals surface area contributed by atoms with Crippen molar-refractivity contribution in [2.75, 3.05) is 0 Å². The Morgan fingerprint density at radius 1 is 1.22 bits per heavy atom. The Hall–Kier alpha value is -1.47. The van der Waals surface area contributed by atoms with Gasteiger partial charge in [-0.2, -0.15) is 0 Å². The molecule has 0 aromatic heterocycles. The topological polar surface area (TPSA) is 94.7 Å². The summed E-state index contributed by atoms with van der Waals surface area (Å²) in [6.07, 6.45) is -0.103. The Bertz CT molecular complexity index is 776. The molecule has 5 rings (SSSR count). The summed E-state index contributed by atoms with van der Waals surface area (Å²) in [4.78, 5) is 39.6. The van der Waals surface area contributed by atoms with Gasteiger partial charge in [-0.25, -0.2) is 0 Å². The van der Waals surface area contributed by atoms with E-state index in [0.717, 1.165) is 12.8 Å². The Kier molecular flexibility index (Phi) is 3.09. The third kappa shape index (κ3) is 1.63. The van der Waals surface area contributed by atoms with Gasteiger partial charge in [0, 0.05) is 11.8 Å². The molecule has 5 aliphatic rings. The van der Waals surface area contributed by atoms with Gasteiger partial charge in [-0.05, 0) is 31.6 Å². The van der Waals surface area contributed by atoms with Crippen molar-refractivity contribution in [1.29, 1.82) is 0 Å². The summed E-state index contributed by atoms with van der Waals surface area (Å²) in [5, 5.41) is 0. The molecule has 7 nitrogen and oxygen atoms in total. The number of carbonyl (C=O) groups excluding carboxylic acids is 3. The van der Waals surface area contributed by atoms with Crippen molar-refractivity contribution in [2.24, 2.45) is 22.7 Å². The second kappa shape index (κ2) is 4.74. The second-order valence-corrected chi connectivity index (χ2v) is 9.67. The molecule has 3 saturated heterocycles. The van der Waals surface area contributed by atoms with Gasteiger partial charge >= 0.3 is 11.9 Å². The van der Waals surface area contributed by atoms with Crippen LogP contribution in [0.5, 0.6) is 0 Å². The number of fused-ring (bicyclic) bond motifs is 2. The first-order valence-corrected chi connectivity index (χ1v) is 9.88. The lowest BCUT2D eigenvalue weighted by atomic mass is 9.61. The third-order valence-electron chi connectivity index (χ3n) is 7.93. The van der Waals surface area contributed by atoms with Crippen LogP contribution in [-0.4, -0.2) is 47.4 Å². The van der Waals surface area contributed by atoms with Crippen LogP contribution >= 0.6 is 0 Å². The minimum atomic E-state index is -1.65. The van der Waals surface area contributed by atoms with E-state index in [9.17, 15) is 14.4 Å². The summed E-state index contributed by atoms with van der Waals surface area (Å²) < 4.78 is 23.0. The molecule has 0 amide bonds. The first-order chi connectivity index (χ1) is 12.6. The molecule has 3 heterocycles. The predicted octanol–water partition coefficient (Wildman–Crippen LogP) is 1.76. The normalized spacial score (nSPS) is 54.4. The molecule has 0 aromatic carbocycles. The van der Waals surface area contributed by atoms with Crippen molar-refractivity contribution in [3.63, 3.8) is 0 Å². The highest BCUT2D eigenvalue weighted by Gasteiger charge is 2.97. The van der Waals surface area contributed by atoms with Crippen LogP contribution in [0.1, 0.15) is 53.9 Å². The van der Waals surface area contributed by atoms with Crippen LogP contribution in [0.4, 0.5) is 0 Å². The fraction of sp³-hybridized carbons (Fsp3) is 0.850. The van der Waals surface area contributed by atoms with E-state index in [4.69, 9.17) is 18.9 Å². The van der Waals surface area contributed by atoms with Crippen LogP contribution in [0.3, 0.4) is 0 Å². The quantitative estimate of drug-likeness (QED) is 0.419. The molecular weight excluding hydrogens is 352 g/mol. The van der Waals surface area contributed by atoms with Crippen molar-refractivity contribution < 1.29 is 33.3 Å². The predicted molar refractivity (Wildman–Crippen MR) is 90.3 cm³/mol. The maximum absolute atomic E-state index is 13.8. The van der Waals surface area contributed by atoms with Crippen LogP contribution in [0.2, 0.25) is 0 Å². The molecule has 148 valence electrons. The molecule has 27 heavy (non-hydrogen) atoms. The van der Waals surface area contributed by atoms with Crippen molar-refractivity contribution in [1.82, 2.24) is 0 Å². The summed E-state index contributed by atoms with van der Waals surface area (Å²) in [6, 6.07) is 0. The zero-order chi connectivity index (χ0) is 19.6. The summed E-state index contributed by atoms with van der Waals surface area (Å²) in [7, 11) is 0. The fourth-order valence-electron chi connectivity index (χ4n) is 6.16. The molecule has 2 spiro atoms. The lowest BCUT2D eigenvalue weighted by molar-refractivity contribution is -0.185. The molecule has 0 bridgehead atoms. The average Bonchev–Trinajstić information content (AvgIpc) is 3.43. The van der Waals surface area contributed by atoms with Crippen LogP contribution in [0.25, 0.3) is 0 Å². The van der Waals surface area contributed by atoms with Crippen molar-refractivity contribution in [3.05, 3.63) is 0 Å². The maximum atomic E-state index is 13.8. The summed E-state index contributed by atoms with van der Waals surface area (Å²) in [5.74, 6) is -1.21. The van der Waals surface area contributed by atoms with E-state index >= 15 is 0 Å². The number of carbonyl (C=O) groups is 3. The molecule has 0 N–H and O–H groups in total. The van der Waals surface area contributed by atoms with E-state index in [2.05, 4.69) is 0 Å². The van der Waals surface area contributed by atoms with Gasteiger partial charge in [-0.1, -0.05) is 27.7 Å². The van der Waals surface area contributed by atoms with E-state index in [1.807, 2.05) is 27.7 Å². The van der Waals surface area contributed by atoms with Gasteiger partial charge < -0.3 is 18.9 Å². The van der Waals surface area contributed by atoms with E-state index in [0.29, 0.717) is 0 Å². The summed E-state index contributed by atoms with van der Waals surface area (Å²) >= 11 is 0. The number of epoxide rings is 2. The van der Waals surface area contributed by atoms with E-state index in [1.54, 1.807) is 6.92 Å². The molecule has 2 saturated carbocycles. The monoisotopic (exact) mass is 378 g/mol. The molecule has 0 radical (unpaired) electrons. The van der Waals surface area contributed by atoms with Crippen LogP contribution in [0, 0.1) is 22.7 Å². The Morgan fingerprint density at radius 3 is 2.52 bits per heavy atom. The zero-order valence-electron chi connectivity index (χ0n) is 16.4. The average molecular weight is 378 g/mol. The van der Waals surface area contributed by atoms with E-state index in [-0.39, 0.29) is 30.1 Å². The van der Waals surface area contributed by atoms with Gasteiger partial charge in [0.1, 0.15) is 6.10 Å². The Labute approximate surface area is 158 Å². The smallest absolute Gasteiger partial charge is 0.329 e. The highest BCUT2D eigenvalue weighted by Crippen LogP contribution is 2.77. The lowest BCUT2D eigenvalue weighted by Crippen LogP contribution is -2.56. The molecule has 7 heteroatoms. The first-order valence-electron chi connectivity index (χ1n) is 9.88. The van der Waals surface area contributed by atoms with Gasteiger partial charge in [0.25, 0.3) is 0 Å². The SMILES string of the molecule is CC(C)CC(=O)O[C@@H]1C2(C(=O)O[C@@H]3O[C@@]32C)C(=O)[C@@]23O[C@@H]2CC[C@H](C)[C@@]13C. The molecule has 8 atom stereocenters. The van der Waals surface area contributed by atoms with Gasteiger partial charge in [-0.15, -0.1) is 0 Å². The zero-order valence-corrected chi connectivity index (χ0v) is 16.4. The number of hydrogen-bond acceptors (Lipinski definition) is 7. The fourth-order valence-corrected chi connectivity index (χ4v) is 6.16. The van der Waals surface area contributed by atoms with Crippen LogP contribution in [0.15, 0.2) is 0 Å². The third-order valence-corrected chi connectivity index (χ3v) is 7.93. The molecule has 3 aliphatic heterocycles. The number of esters is 2. The Balaban J connectivity index is 1.67. The standard InChI is InChI=1S/C20H26O7/c1-9(2)8-12(21)24-14-17(4)10(3)6-7-11-20(17,26-11)13(22)19(14)15(23)25-16-18(19,5)27-16/h9-11,14,16H,6-8H2,1-5H3/t10-,11+,14-,16+,17-,18-,19?,20-/m0/s1. The maximum Gasteiger partial charge on any atom is 0.329 e. The largest absolute Gasteiger partial charge is 0.460 e. The van der Waals surface area contributed by atoms with Crippen LogP contribution in [-0.2, 0) is 33.3 Å². The van der Waals surface area contributed by atoms with Crippen molar-refractivity contribution >= 4 is 17.7 Å². The van der Waals surface area contributed by atoms with Gasteiger partial charge in [0.2, 0.25) is 11.7 Å². The highest BCUT2D eigenvalue weighted by atomic mass is 16.8. The number of Topliss-reactive ketones (excluding diaryl/α,β-unsaturated/α-hetero) is 1. The molecule has 2 aliphatic carbocycles. The van der Waals surface area contributed by atoms with E-state index < -0.39 is 46.4 Å². The summed E-state index contributed by atoms with van der Waals surface area (Å²) in [6.45, 7) is 9.54. The first kappa shape index (κ1) is 17.6. The van der Waals surface area contributed by atoms with E-state index in [1.165, 1.54) is 0 Å². The number of ether oxygens (including phenoxy) is 4. The van der Waals surface area contributed by atoms with Crippen molar-refractivity contribution in [2.45, 2.75) is 83.6 Å². The lowest BCUT2D eigenvalue weighted by Gasteiger charge is -2.43. The summed E-state index contributed by atoms with van der Waals surface area (Å²) in [5.41, 5.74) is -4.62. The second-order valence-electron chi connectivity index (χ2n) is 9.67. The molecule has 1 unspecified atom stereocenters. The van der Waals surface area contributed by atoms with Crippen LogP contribution < -0.4 is 0 Å². The van der Waals surface area contributed by atoms with Gasteiger partial charge in [-0.3, -0.25) is 14.4 Å². The van der Waals surface area contributed by atoms with Gasteiger partial charge in [0.15, 0.2) is 17.0 Å². The molecular formula is C20H26O7. The minimum absolute atomic E-state index is 0.0469.